The Morgan fingerprint density at radius 2 is 1.15 bits per heavy atom. The summed E-state index contributed by atoms with van der Waals surface area (Å²) in [5.74, 6) is 0.732. The number of nitrogens with two attached hydrogens (primary N) is 2. The minimum atomic E-state index is -0.133. The zero-order chi connectivity index (χ0) is 23.7. The zero-order valence-electron chi connectivity index (χ0n) is 18.3. The molecule has 4 atom stereocenters. The van der Waals surface area contributed by atoms with Crippen LogP contribution in [-0.4, -0.2) is 74.7 Å². The molecule has 0 aromatic carbocycles. The lowest BCUT2D eigenvalue weighted by Gasteiger charge is -2.13. The smallest absolute Gasteiger partial charge is 0.167 e. The molecule has 0 saturated carbocycles. The number of aromatic nitrogens is 8. The van der Waals surface area contributed by atoms with Gasteiger partial charge in [-0.2, -0.15) is 0 Å². The lowest BCUT2D eigenvalue weighted by atomic mass is 10.2. The van der Waals surface area contributed by atoms with Gasteiger partial charge in [0.25, 0.3) is 0 Å². The molecule has 4 aromatic heterocycles. The van der Waals surface area contributed by atoms with Gasteiger partial charge in [-0.05, 0) is 25.7 Å². The van der Waals surface area contributed by atoms with Gasteiger partial charge in [-0.3, -0.25) is 9.13 Å². The Morgan fingerprint density at radius 3 is 1.53 bits per heavy atom. The van der Waals surface area contributed by atoms with Crippen LogP contribution >= 0.6 is 0 Å². The highest BCUT2D eigenvalue weighted by Gasteiger charge is 2.28. The van der Waals surface area contributed by atoms with Gasteiger partial charge in [-0.15, -0.1) is 0 Å². The summed E-state index contributed by atoms with van der Waals surface area (Å²) in [4.78, 5) is 24.5. The second kappa shape index (κ2) is 9.42. The van der Waals surface area contributed by atoms with E-state index in [1.54, 1.807) is 12.7 Å². The van der Waals surface area contributed by atoms with Crippen LogP contribution in [-0.2, 0) is 9.47 Å². The Bertz CT molecular complexity index is 1180. The Hall–Kier alpha value is -3.46. The average molecular weight is 470 g/mol. The van der Waals surface area contributed by atoms with Gasteiger partial charge in [0.15, 0.2) is 22.9 Å². The van der Waals surface area contributed by atoms with Crippen molar-refractivity contribution in [1.82, 2.24) is 39.0 Å². The van der Waals surface area contributed by atoms with E-state index >= 15 is 0 Å². The maximum absolute atomic E-state index is 9.04. The second-order valence-electron chi connectivity index (χ2n) is 8.11. The number of rotatable bonds is 4. The highest BCUT2D eigenvalue weighted by molar-refractivity contribution is 5.81. The summed E-state index contributed by atoms with van der Waals surface area (Å²) < 4.78 is 15.0. The van der Waals surface area contributed by atoms with E-state index in [0.717, 1.165) is 25.7 Å². The highest BCUT2D eigenvalue weighted by Crippen LogP contribution is 2.31. The molecule has 2 saturated heterocycles. The molecule has 0 aliphatic carbocycles. The van der Waals surface area contributed by atoms with E-state index in [1.807, 2.05) is 9.13 Å². The Kier molecular flexibility index (Phi) is 6.19. The van der Waals surface area contributed by atoms with E-state index in [0.29, 0.717) is 34.0 Å². The first kappa shape index (κ1) is 22.3. The van der Waals surface area contributed by atoms with Crippen LogP contribution in [0.3, 0.4) is 0 Å². The molecule has 6 rings (SSSR count). The molecule has 14 heteroatoms. The summed E-state index contributed by atoms with van der Waals surface area (Å²) in [5.41, 5.74) is 13.9. The summed E-state index contributed by atoms with van der Waals surface area (Å²) in [6.07, 6.45) is 9.00. The molecule has 0 bridgehead atoms. The first-order chi connectivity index (χ1) is 16.6. The molecule has 34 heavy (non-hydrogen) atoms. The predicted molar refractivity (Wildman–Crippen MR) is 120 cm³/mol. The van der Waals surface area contributed by atoms with Crippen LogP contribution in [0.15, 0.2) is 25.3 Å². The molecular weight excluding hydrogens is 444 g/mol. The fourth-order valence-electron chi connectivity index (χ4n) is 4.21. The van der Waals surface area contributed by atoms with Crippen LogP contribution in [0.5, 0.6) is 0 Å². The SMILES string of the molecule is Nc1ncnc2c1ncn2[C@H]1CC[C@@H](CO)O1.Nc1ncnc2c1ncn2[C@H]1CC[C@@H](CO)O1. The molecule has 180 valence electrons. The maximum Gasteiger partial charge on any atom is 0.167 e. The van der Waals surface area contributed by atoms with Gasteiger partial charge < -0.3 is 31.2 Å². The van der Waals surface area contributed by atoms with Crippen molar-refractivity contribution < 1.29 is 19.7 Å². The summed E-state index contributed by atoms with van der Waals surface area (Å²) in [6.45, 7) is 0.0838. The quantitative estimate of drug-likeness (QED) is 0.315. The number of aliphatic hydroxyl groups excluding tert-OH is 2. The molecule has 2 aliphatic heterocycles. The lowest BCUT2D eigenvalue weighted by molar-refractivity contribution is -0.0207. The van der Waals surface area contributed by atoms with Crippen LogP contribution in [0, 0.1) is 0 Å². The van der Waals surface area contributed by atoms with E-state index in [9.17, 15) is 0 Å². The van der Waals surface area contributed by atoms with E-state index < -0.39 is 0 Å². The van der Waals surface area contributed by atoms with Crippen molar-refractivity contribution in [3.63, 3.8) is 0 Å². The zero-order valence-corrected chi connectivity index (χ0v) is 18.3. The van der Waals surface area contributed by atoms with Crippen molar-refractivity contribution in [1.29, 1.82) is 0 Å². The largest absolute Gasteiger partial charge is 0.394 e. The summed E-state index contributed by atoms with van der Waals surface area (Å²) in [6, 6.07) is 0. The van der Waals surface area contributed by atoms with Crippen LogP contribution in [0.4, 0.5) is 11.6 Å². The van der Waals surface area contributed by atoms with Crippen molar-refractivity contribution in [3.8, 4) is 0 Å². The minimum absolute atomic E-state index is 0.0419. The third-order valence-electron chi connectivity index (χ3n) is 5.97. The molecule has 6 N–H and O–H groups in total. The summed E-state index contributed by atoms with van der Waals surface area (Å²) in [5, 5.41) is 18.1. The number of anilines is 2. The Labute approximate surface area is 193 Å². The topological polar surface area (TPSA) is 198 Å². The number of imidazole rings is 2. The van der Waals surface area contributed by atoms with Gasteiger partial charge in [0, 0.05) is 0 Å². The highest BCUT2D eigenvalue weighted by atomic mass is 16.5. The van der Waals surface area contributed by atoms with E-state index in [2.05, 4.69) is 29.9 Å². The van der Waals surface area contributed by atoms with Crippen molar-refractivity contribution in [2.75, 3.05) is 24.7 Å². The van der Waals surface area contributed by atoms with Crippen molar-refractivity contribution in [2.45, 2.75) is 50.3 Å². The number of nitrogens with zero attached hydrogens (tertiary/aromatic N) is 8. The van der Waals surface area contributed by atoms with Crippen molar-refractivity contribution in [2.24, 2.45) is 0 Å². The molecule has 4 aromatic rings. The molecule has 0 spiro atoms. The molecule has 2 fully saturated rings. The lowest BCUT2D eigenvalue weighted by Crippen LogP contribution is -2.14. The van der Waals surface area contributed by atoms with E-state index in [-0.39, 0.29) is 37.9 Å². The van der Waals surface area contributed by atoms with Crippen molar-refractivity contribution in [3.05, 3.63) is 25.3 Å². The molecule has 0 radical (unpaired) electrons. The number of fused-ring (bicyclic) bond motifs is 2. The first-order valence-corrected chi connectivity index (χ1v) is 11.0. The number of aliphatic hydroxyl groups is 2. The third-order valence-corrected chi connectivity index (χ3v) is 5.97. The molecule has 0 amide bonds. The number of hydrogen-bond acceptors (Lipinski definition) is 12. The van der Waals surface area contributed by atoms with Crippen LogP contribution in [0.25, 0.3) is 22.3 Å². The Morgan fingerprint density at radius 1 is 0.706 bits per heavy atom. The molecule has 14 nitrogen and oxygen atoms in total. The summed E-state index contributed by atoms with van der Waals surface area (Å²) in [7, 11) is 0. The van der Waals surface area contributed by atoms with E-state index in [4.69, 9.17) is 31.2 Å². The van der Waals surface area contributed by atoms with Crippen LogP contribution < -0.4 is 11.5 Å². The van der Waals surface area contributed by atoms with Gasteiger partial charge in [-0.25, -0.2) is 29.9 Å². The van der Waals surface area contributed by atoms with Crippen LogP contribution in [0.2, 0.25) is 0 Å². The van der Waals surface area contributed by atoms with Crippen molar-refractivity contribution >= 4 is 34.0 Å². The average Bonchev–Trinajstić information content (AvgIpc) is 3.64. The second-order valence-corrected chi connectivity index (χ2v) is 8.11. The Balaban J connectivity index is 0.000000142. The normalized spacial score (nSPS) is 24.5. The molecule has 0 unspecified atom stereocenters. The van der Waals surface area contributed by atoms with Gasteiger partial charge in [-0.1, -0.05) is 0 Å². The number of hydrogen-bond donors (Lipinski definition) is 4. The van der Waals surface area contributed by atoms with E-state index in [1.165, 1.54) is 12.7 Å². The van der Waals surface area contributed by atoms with Gasteiger partial charge in [0.1, 0.15) is 36.1 Å². The monoisotopic (exact) mass is 470 g/mol. The number of nitrogen functional groups attached to an aromatic ring is 2. The van der Waals surface area contributed by atoms with Gasteiger partial charge in [0.05, 0.1) is 38.1 Å². The third kappa shape index (κ3) is 4.11. The fourth-order valence-corrected chi connectivity index (χ4v) is 4.21. The summed E-state index contributed by atoms with van der Waals surface area (Å²) >= 11 is 0. The standard InChI is InChI=1S/2C10H13N5O2/c2*11-9-8-10(13-4-12-9)15(5-14-8)7-2-1-6(3-16)17-7/h2*4-7,16H,1-3H2,(H2,11,12,13)/t2*6-,7+/m00/s1. The van der Waals surface area contributed by atoms with Gasteiger partial charge >= 0.3 is 0 Å². The number of ether oxygens (including phenoxy) is 2. The predicted octanol–water partition coefficient (Wildman–Crippen LogP) is 0.157. The first-order valence-electron chi connectivity index (χ1n) is 11.0. The maximum atomic E-state index is 9.04. The molecule has 6 heterocycles. The minimum Gasteiger partial charge on any atom is -0.394 e. The fraction of sp³-hybridized carbons (Fsp3) is 0.500. The molecular formula is C20H26N10O4. The van der Waals surface area contributed by atoms with Gasteiger partial charge in [0.2, 0.25) is 0 Å². The van der Waals surface area contributed by atoms with Crippen LogP contribution in [0.1, 0.15) is 38.1 Å². The molecule has 2 aliphatic rings.